The molecule has 0 aromatic carbocycles. The van der Waals surface area contributed by atoms with E-state index in [1.807, 2.05) is 0 Å². The maximum atomic E-state index is 10.1. The van der Waals surface area contributed by atoms with Crippen LogP contribution in [0.25, 0.3) is 0 Å². The van der Waals surface area contributed by atoms with Crippen LogP contribution in [0.15, 0.2) is 0 Å². The van der Waals surface area contributed by atoms with Gasteiger partial charge in [-0.15, -0.1) is 5.60 Å². The molecule has 3 heteroatoms. The van der Waals surface area contributed by atoms with Crippen molar-refractivity contribution in [2.75, 3.05) is 0 Å². The zero-order valence-corrected chi connectivity index (χ0v) is 9.03. The molecule has 0 aliphatic carbocycles. The molecule has 0 unspecified atom stereocenters. The van der Waals surface area contributed by atoms with Crippen molar-refractivity contribution in [1.29, 1.82) is 0 Å². The molecule has 0 N–H and O–H groups in total. The summed E-state index contributed by atoms with van der Waals surface area (Å²) >= 11 is 0. The Morgan fingerprint density at radius 2 is 1.27 bits per heavy atom. The van der Waals surface area contributed by atoms with Gasteiger partial charge in [-0.05, 0) is 0 Å². The summed E-state index contributed by atoms with van der Waals surface area (Å²) in [6, 6.07) is 0. The van der Waals surface area contributed by atoms with Crippen LogP contribution in [-0.4, -0.2) is 5.60 Å². The third kappa shape index (κ3) is 201. The zero-order chi connectivity index (χ0) is 7.91. The minimum absolute atomic E-state index is 0. The van der Waals surface area contributed by atoms with Crippen molar-refractivity contribution in [3.05, 3.63) is 6.92 Å². The van der Waals surface area contributed by atoms with Gasteiger partial charge in [0.2, 0.25) is 0 Å². The fourth-order valence-corrected chi connectivity index (χ4v) is 0. The quantitative estimate of drug-likeness (QED) is 0.270. The van der Waals surface area contributed by atoms with Crippen molar-refractivity contribution in [2.24, 2.45) is 0 Å². The summed E-state index contributed by atoms with van der Waals surface area (Å²) in [4.78, 5) is 0. The van der Waals surface area contributed by atoms with Gasteiger partial charge in [0.1, 0.15) is 0 Å². The molecule has 0 rings (SSSR count). The van der Waals surface area contributed by atoms with Crippen LogP contribution >= 0.6 is 0 Å². The second kappa shape index (κ2) is 13.7. The Morgan fingerprint density at radius 1 is 1.18 bits per heavy atom. The fourth-order valence-electron chi connectivity index (χ4n) is 0. The molecule has 0 aliphatic rings. The maximum absolute atomic E-state index is 10.1. The first-order valence-corrected chi connectivity index (χ1v) is 3.41. The van der Waals surface area contributed by atoms with E-state index in [1.165, 1.54) is 6.42 Å². The molecular formula is C8H18Li2O. The van der Waals surface area contributed by atoms with Gasteiger partial charge < -0.3 is 12.0 Å². The molecule has 0 spiro atoms. The van der Waals surface area contributed by atoms with Crippen molar-refractivity contribution >= 4 is 0 Å². The molecule has 0 fully saturated rings. The normalized spacial score (nSPS) is 8.18. The third-order valence-corrected chi connectivity index (χ3v) is 0.354. The third-order valence-electron chi connectivity index (χ3n) is 0.354. The van der Waals surface area contributed by atoms with E-state index in [0.717, 1.165) is 6.42 Å². The smallest absolute Gasteiger partial charge is 0.850 e. The second-order valence-corrected chi connectivity index (χ2v) is 2.97. The molecule has 0 atom stereocenters. The summed E-state index contributed by atoms with van der Waals surface area (Å²) in [5.41, 5.74) is -0.750. The summed E-state index contributed by atoms with van der Waals surface area (Å²) in [6.07, 6.45) is 2.28. The average Bonchev–Trinajstić information content (AvgIpc) is 1.61. The summed E-state index contributed by atoms with van der Waals surface area (Å²) in [5, 5.41) is 10.1. The molecule has 0 radical (unpaired) electrons. The van der Waals surface area contributed by atoms with E-state index in [9.17, 15) is 5.11 Å². The molecule has 0 saturated carbocycles. The zero-order valence-electron chi connectivity index (χ0n) is 9.03. The van der Waals surface area contributed by atoms with Crippen LogP contribution in [0.1, 0.15) is 40.5 Å². The topological polar surface area (TPSA) is 23.1 Å². The van der Waals surface area contributed by atoms with Gasteiger partial charge in [0, 0.05) is 0 Å². The summed E-state index contributed by atoms with van der Waals surface area (Å²) in [5.74, 6) is 0. The van der Waals surface area contributed by atoms with Crippen molar-refractivity contribution < 1.29 is 42.8 Å². The van der Waals surface area contributed by atoms with E-state index in [0.29, 0.717) is 0 Å². The van der Waals surface area contributed by atoms with E-state index in [2.05, 4.69) is 13.8 Å². The standard InChI is InChI=1S/C4H9O.C4H9.2Li/c1-4(2,3)5;1-3-4-2;;/h1-3H3;1,3-4H2,2H3;;/q2*-1;2*+1. The monoisotopic (exact) mass is 144 g/mol. The molecule has 0 bridgehead atoms. The number of rotatable bonds is 1. The molecule has 1 nitrogen and oxygen atoms in total. The molecule has 11 heavy (non-hydrogen) atoms. The maximum Gasteiger partial charge on any atom is 1.00 e. The van der Waals surface area contributed by atoms with Crippen LogP contribution in [0.3, 0.4) is 0 Å². The first-order chi connectivity index (χ1) is 3.91. The van der Waals surface area contributed by atoms with E-state index >= 15 is 0 Å². The molecule has 0 saturated heterocycles. The molecule has 0 aliphatic heterocycles. The fraction of sp³-hybridized carbons (Fsp3) is 0.875. The van der Waals surface area contributed by atoms with Crippen molar-refractivity contribution in [3.8, 4) is 0 Å². The first-order valence-electron chi connectivity index (χ1n) is 3.41. The minimum atomic E-state index is -0.750. The Balaban J connectivity index is -0.0000000383. The van der Waals surface area contributed by atoms with Gasteiger partial charge in [-0.3, -0.25) is 0 Å². The van der Waals surface area contributed by atoms with Crippen LogP contribution < -0.4 is 42.8 Å². The van der Waals surface area contributed by atoms with Crippen LogP contribution in [0.5, 0.6) is 0 Å². The molecule has 0 heterocycles. The molecule has 0 aromatic rings. The van der Waals surface area contributed by atoms with Gasteiger partial charge in [0.15, 0.2) is 0 Å². The molecule has 0 aromatic heterocycles. The Kier molecular flexibility index (Phi) is 28.4. The van der Waals surface area contributed by atoms with E-state index in [4.69, 9.17) is 0 Å². The van der Waals surface area contributed by atoms with E-state index in [1.54, 1.807) is 20.8 Å². The number of hydrogen-bond donors (Lipinski definition) is 0. The van der Waals surface area contributed by atoms with Gasteiger partial charge in [-0.1, -0.05) is 34.1 Å². The van der Waals surface area contributed by atoms with E-state index in [-0.39, 0.29) is 37.7 Å². The van der Waals surface area contributed by atoms with Gasteiger partial charge >= 0.3 is 37.7 Å². The van der Waals surface area contributed by atoms with Gasteiger partial charge in [-0.25, -0.2) is 0 Å². The van der Waals surface area contributed by atoms with Crippen LogP contribution in [0, 0.1) is 6.92 Å². The van der Waals surface area contributed by atoms with Crippen LogP contribution in [0.4, 0.5) is 0 Å². The predicted molar refractivity (Wildman–Crippen MR) is 40.0 cm³/mol. The number of hydrogen-bond acceptors (Lipinski definition) is 1. The Morgan fingerprint density at radius 3 is 1.27 bits per heavy atom. The van der Waals surface area contributed by atoms with Gasteiger partial charge in [0.25, 0.3) is 0 Å². The van der Waals surface area contributed by atoms with Crippen molar-refractivity contribution in [2.45, 2.75) is 46.1 Å². The SMILES string of the molecule is CC(C)(C)[O-].[CH2-]CCC.[Li+].[Li+]. The largest absolute Gasteiger partial charge is 1.00 e. The second-order valence-electron chi connectivity index (χ2n) is 2.97. The Labute approximate surface area is 95.7 Å². The summed E-state index contributed by atoms with van der Waals surface area (Å²) in [6.45, 7) is 10.6. The molecular weight excluding hydrogens is 126 g/mol. The Hall–Kier alpha value is 1.15. The summed E-state index contributed by atoms with van der Waals surface area (Å²) in [7, 11) is 0. The van der Waals surface area contributed by atoms with Gasteiger partial charge in [-0.2, -0.15) is 6.42 Å². The number of unbranched alkanes of at least 4 members (excludes halogenated alkanes) is 1. The van der Waals surface area contributed by atoms with Crippen molar-refractivity contribution in [3.63, 3.8) is 0 Å². The average molecular weight is 144 g/mol. The van der Waals surface area contributed by atoms with Crippen LogP contribution in [-0.2, 0) is 0 Å². The van der Waals surface area contributed by atoms with Gasteiger partial charge in [0.05, 0.1) is 0 Å². The predicted octanol–water partition coefficient (Wildman–Crippen LogP) is -4.23. The Bertz CT molecular complexity index is 42.5. The van der Waals surface area contributed by atoms with Crippen molar-refractivity contribution in [1.82, 2.24) is 0 Å². The minimum Gasteiger partial charge on any atom is -0.850 e. The molecule has 0 amide bonds. The summed E-state index contributed by atoms with van der Waals surface area (Å²) < 4.78 is 0. The first kappa shape index (κ1) is 22.7. The van der Waals surface area contributed by atoms with Crippen LogP contribution in [0.2, 0.25) is 0 Å². The molecule has 58 valence electrons. The van der Waals surface area contributed by atoms with E-state index < -0.39 is 5.60 Å².